The predicted octanol–water partition coefficient (Wildman–Crippen LogP) is 4.48. The van der Waals surface area contributed by atoms with Crippen LogP contribution in [0, 0.1) is 12.7 Å². The van der Waals surface area contributed by atoms with Gasteiger partial charge in [-0.3, -0.25) is 9.48 Å². The van der Waals surface area contributed by atoms with E-state index >= 15 is 0 Å². The molecule has 0 N–H and O–H groups in total. The number of hydrogen-bond donors (Lipinski definition) is 0. The number of carbonyl (C=O) groups is 1. The average Bonchev–Trinajstić information content (AvgIpc) is 3.46. The quantitative estimate of drug-likeness (QED) is 0.416. The summed E-state index contributed by atoms with van der Waals surface area (Å²) in [6.45, 7) is 3.72. The van der Waals surface area contributed by atoms with E-state index in [1.54, 1.807) is 36.5 Å². The topological polar surface area (TPSA) is 60.5 Å². The smallest absolute Gasteiger partial charge is 0.264 e. The number of thiophene rings is 1. The number of halogens is 1. The van der Waals surface area contributed by atoms with Crippen LogP contribution in [0.15, 0.2) is 53.1 Å². The number of aromatic nitrogens is 2. The third-order valence-corrected chi connectivity index (χ3v) is 5.98. The van der Waals surface area contributed by atoms with E-state index in [9.17, 15) is 9.18 Å². The van der Waals surface area contributed by atoms with Crippen molar-refractivity contribution in [2.75, 3.05) is 20.3 Å². The largest absolute Gasteiger partial charge is 0.467 e. The fraction of sp³-hybridized carbons (Fsp3) is 0.273. The molecule has 0 atom stereocenters. The molecule has 0 saturated heterocycles. The zero-order valence-corrected chi connectivity index (χ0v) is 17.6. The van der Waals surface area contributed by atoms with Gasteiger partial charge in [0.15, 0.2) is 0 Å². The zero-order chi connectivity index (χ0) is 21.1. The molecule has 4 rings (SSSR count). The minimum absolute atomic E-state index is 0.0719. The van der Waals surface area contributed by atoms with Crippen LogP contribution in [0.5, 0.6) is 0 Å². The molecule has 0 aliphatic heterocycles. The summed E-state index contributed by atoms with van der Waals surface area (Å²) >= 11 is 1.41. The third-order valence-electron chi connectivity index (χ3n) is 4.84. The number of carbonyl (C=O) groups excluding carboxylic acids is 1. The summed E-state index contributed by atoms with van der Waals surface area (Å²) in [6, 6.07) is 11.9. The molecule has 8 heteroatoms. The van der Waals surface area contributed by atoms with Crippen LogP contribution in [0.25, 0.3) is 10.2 Å². The Bertz CT molecular complexity index is 1130. The number of amides is 1. The number of nitrogens with zero attached hydrogens (tertiary/aromatic N) is 3. The molecule has 0 fully saturated rings. The maximum Gasteiger partial charge on any atom is 0.264 e. The first kappa shape index (κ1) is 20.3. The van der Waals surface area contributed by atoms with Gasteiger partial charge in [0.05, 0.1) is 36.5 Å². The number of methoxy groups -OCH3 is 1. The highest BCUT2D eigenvalue weighted by Gasteiger charge is 2.22. The van der Waals surface area contributed by atoms with E-state index in [4.69, 9.17) is 9.15 Å². The van der Waals surface area contributed by atoms with Crippen molar-refractivity contribution in [1.82, 2.24) is 14.7 Å². The van der Waals surface area contributed by atoms with Crippen LogP contribution in [0.1, 0.15) is 26.7 Å². The second-order valence-corrected chi connectivity index (χ2v) is 8.03. The fourth-order valence-electron chi connectivity index (χ4n) is 3.29. The molecule has 3 heterocycles. The lowest BCUT2D eigenvalue weighted by Gasteiger charge is -2.20. The van der Waals surface area contributed by atoms with E-state index in [1.165, 1.54) is 23.5 Å². The summed E-state index contributed by atoms with van der Waals surface area (Å²) in [5.41, 5.74) is 1.80. The van der Waals surface area contributed by atoms with Crippen LogP contribution in [0.3, 0.4) is 0 Å². The number of ether oxygens (including phenoxy) is 1. The van der Waals surface area contributed by atoms with Gasteiger partial charge < -0.3 is 14.1 Å². The molecule has 0 unspecified atom stereocenters. The number of rotatable bonds is 8. The van der Waals surface area contributed by atoms with Crippen molar-refractivity contribution < 1.29 is 18.3 Å². The highest BCUT2D eigenvalue weighted by molar-refractivity contribution is 7.20. The summed E-state index contributed by atoms with van der Waals surface area (Å²) in [5, 5.41) is 5.55. The standard InChI is InChI=1S/C22H22FN3O3S/c1-15-19-12-20(21(27)25(9-11-28-2)14-18-4-3-10-29-18)30-22(19)26(24-15)13-16-5-7-17(23)8-6-16/h3-8,10,12H,9,11,13-14H2,1-2H3. The molecule has 0 radical (unpaired) electrons. The van der Waals surface area contributed by atoms with Crippen LogP contribution in [-0.2, 0) is 17.8 Å². The Morgan fingerprint density at radius 1 is 1.30 bits per heavy atom. The molecule has 0 saturated carbocycles. The summed E-state index contributed by atoms with van der Waals surface area (Å²) in [4.78, 5) is 16.5. The lowest BCUT2D eigenvalue weighted by atomic mass is 10.2. The van der Waals surface area contributed by atoms with Gasteiger partial charge in [0.1, 0.15) is 16.4 Å². The molecule has 1 aromatic carbocycles. The summed E-state index contributed by atoms with van der Waals surface area (Å²) < 4.78 is 25.7. The van der Waals surface area contributed by atoms with Crippen molar-refractivity contribution in [2.24, 2.45) is 0 Å². The van der Waals surface area contributed by atoms with E-state index in [0.29, 0.717) is 31.1 Å². The maximum absolute atomic E-state index is 13.2. The van der Waals surface area contributed by atoms with E-state index in [0.717, 1.165) is 27.2 Å². The second-order valence-electron chi connectivity index (χ2n) is 7.00. The molecule has 0 aliphatic rings. The van der Waals surface area contributed by atoms with Crippen LogP contribution in [-0.4, -0.2) is 40.8 Å². The highest BCUT2D eigenvalue weighted by atomic mass is 32.1. The van der Waals surface area contributed by atoms with Crippen molar-refractivity contribution in [3.8, 4) is 0 Å². The van der Waals surface area contributed by atoms with Crippen molar-refractivity contribution in [3.63, 3.8) is 0 Å². The van der Waals surface area contributed by atoms with Gasteiger partial charge in [-0.2, -0.15) is 5.10 Å². The van der Waals surface area contributed by atoms with E-state index in [1.807, 2.05) is 23.7 Å². The zero-order valence-electron chi connectivity index (χ0n) is 16.8. The van der Waals surface area contributed by atoms with E-state index < -0.39 is 0 Å². The number of aryl methyl sites for hydroxylation is 1. The van der Waals surface area contributed by atoms with Gasteiger partial charge in [-0.1, -0.05) is 12.1 Å². The van der Waals surface area contributed by atoms with Gasteiger partial charge in [0.2, 0.25) is 0 Å². The normalized spacial score (nSPS) is 11.3. The van der Waals surface area contributed by atoms with Crippen LogP contribution < -0.4 is 0 Å². The average molecular weight is 428 g/mol. The van der Waals surface area contributed by atoms with Gasteiger partial charge in [0, 0.05) is 19.0 Å². The van der Waals surface area contributed by atoms with E-state index in [2.05, 4.69) is 5.10 Å². The Labute approximate surface area is 177 Å². The minimum Gasteiger partial charge on any atom is -0.467 e. The van der Waals surface area contributed by atoms with Crippen molar-refractivity contribution >= 4 is 27.5 Å². The lowest BCUT2D eigenvalue weighted by Crippen LogP contribution is -2.32. The van der Waals surface area contributed by atoms with Gasteiger partial charge in [-0.25, -0.2) is 4.39 Å². The summed E-state index contributed by atoms with van der Waals surface area (Å²) in [5.74, 6) is 0.383. The van der Waals surface area contributed by atoms with Crippen molar-refractivity contribution in [1.29, 1.82) is 0 Å². The Balaban J connectivity index is 1.61. The Morgan fingerprint density at radius 3 is 2.80 bits per heavy atom. The fourth-order valence-corrected chi connectivity index (χ4v) is 4.42. The first-order valence-electron chi connectivity index (χ1n) is 9.57. The molecule has 6 nitrogen and oxygen atoms in total. The van der Waals surface area contributed by atoms with Crippen LogP contribution >= 0.6 is 11.3 Å². The molecule has 0 aliphatic carbocycles. The van der Waals surface area contributed by atoms with Gasteiger partial charge in [-0.05, 0) is 42.8 Å². The second kappa shape index (κ2) is 8.81. The predicted molar refractivity (Wildman–Crippen MR) is 113 cm³/mol. The van der Waals surface area contributed by atoms with Crippen LogP contribution in [0.2, 0.25) is 0 Å². The van der Waals surface area contributed by atoms with E-state index in [-0.39, 0.29) is 11.7 Å². The summed E-state index contributed by atoms with van der Waals surface area (Å²) in [7, 11) is 1.61. The molecule has 0 spiro atoms. The van der Waals surface area contributed by atoms with Crippen LogP contribution in [0.4, 0.5) is 4.39 Å². The SMILES string of the molecule is COCCN(Cc1ccco1)C(=O)c1cc2c(C)nn(Cc3ccc(F)cc3)c2s1. The Kier molecular flexibility index (Phi) is 5.96. The molecule has 0 bridgehead atoms. The van der Waals surface area contributed by atoms with Crippen molar-refractivity contribution in [2.45, 2.75) is 20.0 Å². The molecule has 1 amide bonds. The molecular formula is C22H22FN3O3S. The third kappa shape index (κ3) is 4.29. The van der Waals surface area contributed by atoms with Gasteiger partial charge >= 0.3 is 0 Å². The number of fused-ring (bicyclic) bond motifs is 1. The molecule has 156 valence electrons. The number of furan rings is 1. The van der Waals surface area contributed by atoms with Gasteiger partial charge in [-0.15, -0.1) is 11.3 Å². The Hall–Kier alpha value is -2.97. The maximum atomic E-state index is 13.2. The molecule has 4 aromatic rings. The molecule has 30 heavy (non-hydrogen) atoms. The first-order valence-corrected chi connectivity index (χ1v) is 10.4. The Morgan fingerprint density at radius 2 is 2.10 bits per heavy atom. The summed E-state index contributed by atoms with van der Waals surface area (Å²) in [6.07, 6.45) is 1.60. The molecule has 3 aromatic heterocycles. The van der Waals surface area contributed by atoms with Crippen molar-refractivity contribution in [3.05, 3.63) is 76.4 Å². The minimum atomic E-state index is -0.266. The molecular weight excluding hydrogens is 405 g/mol. The first-order chi connectivity index (χ1) is 14.5. The number of benzene rings is 1. The number of hydrogen-bond acceptors (Lipinski definition) is 5. The lowest BCUT2D eigenvalue weighted by molar-refractivity contribution is 0.0671. The highest BCUT2D eigenvalue weighted by Crippen LogP contribution is 2.30. The van der Waals surface area contributed by atoms with Gasteiger partial charge in [0.25, 0.3) is 5.91 Å². The monoisotopic (exact) mass is 427 g/mol.